The van der Waals surface area contributed by atoms with Crippen LogP contribution < -0.4 is 4.31 Å². The first-order chi connectivity index (χ1) is 10.5. The van der Waals surface area contributed by atoms with E-state index in [4.69, 9.17) is 0 Å². The first kappa shape index (κ1) is 15.1. The van der Waals surface area contributed by atoms with Crippen LogP contribution in [0.3, 0.4) is 0 Å². The van der Waals surface area contributed by atoms with Crippen molar-refractivity contribution in [3.8, 4) is 0 Å². The van der Waals surface area contributed by atoms with E-state index in [-0.39, 0.29) is 6.04 Å². The van der Waals surface area contributed by atoms with Crippen molar-refractivity contribution in [3.05, 3.63) is 60.2 Å². The third kappa shape index (κ3) is 2.51. The molecule has 0 radical (unpaired) electrons. The van der Waals surface area contributed by atoms with Gasteiger partial charge in [-0.05, 0) is 44.3 Å². The minimum Gasteiger partial charge on any atom is -0.302 e. The molecule has 116 valence electrons. The Kier molecular flexibility index (Phi) is 3.93. The number of sulfonamides is 1. The summed E-state index contributed by atoms with van der Waals surface area (Å²) in [5.74, 6) is 0. The number of para-hydroxylation sites is 1. The maximum absolute atomic E-state index is 12.9. The van der Waals surface area contributed by atoms with Crippen molar-refractivity contribution in [2.24, 2.45) is 0 Å². The SMILES string of the molecule is CN(C)C1CCN(S(=O)(=O)c2ccccc2)c2ccccc21. The van der Waals surface area contributed by atoms with Crippen LogP contribution >= 0.6 is 0 Å². The number of anilines is 1. The quantitative estimate of drug-likeness (QED) is 0.874. The van der Waals surface area contributed by atoms with E-state index >= 15 is 0 Å². The summed E-state index contributed by atoms with van der Waals surface area (Å²) in [7, 11) is 0.551. The summed E-state index contributed by atoms with van der Waals surface area (Å²) < 4.78 is 27.4. The Morgan fingerprint density at radius 2 is 1.64 bits per heavy atom. The van der Waals surface area contributed by atoms with Gasteiger partial charge in [-0.25, -0.2) is 8.42 Å². The lowest BCUT2D eigenvalue weighted by Crippen LogP contribution is -2.39. The van der Waals surface area contributed by atoms with E-state index in [1.165, 1.54) is 4.31 Å². The molecule has 1 heterocycles. The van der Waals surface area contributed by atoms with Crippen LogP contribution in [0.1, 0.15) is 18.0 Å². The standard InChI is InChI=1S/C17H20N2O2S/c1-18(2)16-12-13-19(17-11-7-6-10-15(16)17)22(20,21)14-8-4-3-5-9-14/h3-11,16H,12-13H2,1-2H3. The van der Waals surface area contributed by atoms with Gasteiger partial charge in [0.05, 0.1) is 10.6 Å². The number of nitrogens with zero attached hydrogens (tertiary/aromatic N) is 2. The fraction of sp³-hybridized carbons (Fsp3) is 0.294. The number of fused-ring (bicyclic) bond motifs is 1. The molecule has 1 aliphatic heterocycles. The Morgan fingerprint density at radius 1 is 1.00 bits per heavy atom. The van der Waals surface area contributed by atoms with Gasteiger partial charge in [0, 0.05) is 12.6 Å². The largest absolute Gasteiger partial charge is 0.302 e. The summed E-state index contributed by atoms with van der Waals surface area (Å²) in [5.41, 5.74) is 1.86. The zero-order chi connectivity index (χ0) is 15.7. The lowest BCUT2D eigenvalue weighted by Gasteiger charge is -2.37. The molecule has 0 fully saturated rings. The molecule has 2 aromatic rings. The van der Waals surface area contributed by atoms with Gasteiger partial charge in [0.1, 0.15) is 0 Å². The van der Waals surface area contributed by atoms with Crippen LogP contribution in [0.4, 0.5) is 5.69 Å². The average Bonchev–Trinajstić information content (AvgIpc) is 2.54. The van der Waals surface area contributed by atoms with E-state index in [1.54, 1.807) is 24.3 Å². The molecule has 22 heavy (non-hydrogen) atoms. The number of benzene rings is 2. The van der Waals surface area contributed by atoms with Crippen molar-refractivity contribution >= 4 is 15.7 Å². The van der Waals surface area contributed by atoms with Crippen LogP contribution in [-0.4, -0.2) is 34.0 Å². The molecule has 1 unspecified atom stereocenters. The molecule has 3 rings (SSSR count). The molecule has 0 amide bonds. The lowest BCUT2D eigenvalue weighted by molar-refractivity contribution is 0.281. The molecule has 2 aromatic carbocycles. The maximum Gasteiger partial charge on any atom is 0.264 e. The summed E-state index contributed by atoms with van der Waals surface area (Å²) in [4.78, 5) is 2.48. The second kappa shape index (κ2) is 5.74. The molecule has 0 saturated carbocycles. The van der Waals surface area contributed by atoms with E-state index in [0.29, 0.717) is 11.4 Å². The van der Waals surface area contributed by atoms with Crippen molar-refractivity contribution in [1.29, 1.82) is 0 Å². The Balaban J connectivity index is 2.08. The molecule has 0 aromatic heterocycles. The lowest BCUT2D eigenvalue weighted by atomic mass is 9.97. The second-order valence-corrected chi connectivity index (χ2v) is 7.58. The monoisotopic (exact) mass is 316 g/mol. The third-order valence-electron chi connectivity index (χ3n) is 4.12. The molecular formula is C17H20N2O2S. The van der Waals surface area contributed by atoms with Gasteiger partial charge in [0.2, 0.25) is 0 Å². The molecule has 1 atom stereocenters. The van der Waals surface area contributed by atoms with Crippen LogP contribution in [0.2, 0.25) is 0 Å². The van der Waals surface area contributed by atoms with E-state index in [1.807, 2.05) is 44.4 Å². The third-order valence-corrected chi connectivity index (χ3v) is 5.95. The Morgan fingerprint density at radius 3 is 2.32 bits per heavy atom. The van der Waals surface area contributed by atoms with Gasteiger partial charge in [0.25, 0.3) is 10.0 Å². The zero-order valence-electron chi connectivity index (χ0n) is 12.8. The van der Waals surface area contributed by atoms with Gasteiger partial charge in [-0.1, -0.05) is 36.4 Å². The Labute approximate surface area is 132 Å². The predicted octanol–water partition coefficient (Wildman–Crippen LogP) is 2.89. The van der Waals surface area contributed by atoms with Crippen LogP contribution in [0.15, 0.2) is 59.5 Å². The highest BCUT2D eigenvalue weighted by atomic mass is 32.2. The number of hydrogen-bond donors (Lipinski definition) is 0. The molecule has 1 aliphatic rings. The van der Waals surface area contributed by atoms with E-state index in [9.17, 15) is 8.42 Å². The van der Waals surface area contributed by atoms with E-state index in [0.717, 1.165) is 17.7 Å². The van der Waals surface area contributed by atoms with E-state index in [2.05, 4.69) is 4.90 Å². The van der Waals surface area contributed by atoms with Crippen molar-refractivity contribution in [2.75, 3.05) is 24.9 Å². The fourth-order valence-corrected chi connectivity index (χ4v) is 4.54. The normalized spacial score (nSPS) is 18.3. The Hall–Kier alpha value is -1.85. The van der Waals surface area contributed by atoms with Gasteiger partial charge in [0.15, 0.2) is 0 Å². The molecule has 0 aliphatic carbocycles. The molecule has 4 nitrogen and oxygen atoms in total. The van der Waals surface area contributed by atoms with Crippen molar-refractivity contribution < 1.29 is 8.42 Å². The zero-order valence-corrected chi connectivity index (χ0v) is 13.6. The molecule has 0 spiro atoms. The van der Waals surface area contributed by atoms with Gasteiger partial charge in [-0.2, -0.15) is 0 Å². The highest BCUT2D eigenvalue weighted by molar-refractivity contribution is 7.92. The number of hydrogen-bond acceptors (Lipinski definition) is 3. The van der Waals surface area contributed by atoms with Crippen LogP contribution in [-0.2, 0) is 10.0 Å². The molecule has 0 bridgehead atoms. The van der Waals surface area contributed by atoms with Gasteiger partial charge < -0.3 is 4.90 Å². The van der Waals surface area contributed by atoms with Crippen LogP contribution in [0.25, 0.3) is 0 Å². The van der Waals surface area contributed by atoms with Gasteiger partial charge in [-0.3, -0.25) is 4.31 Å². The second-order valence-electron chi connectivity index (χ2n) is 5.72. The highest BCUT2D eigenvalue weighted by Gasteiger charge is 2.33. The van der Waals surface area contributed by atoms with Gasteiger partial charge in [-0.15, -0.1) is 0 Å². The molecule has 5 heteroatoms. The number of rotatable bonds is 3. The Bertz CT molecular complexity index is 757. The minimum atomic E-state index is -3.51. The molecule has 0 N–H and O–H groups in total. The highest BCUT2D eigenvalue weighted by Crippen LogP contribution is 2.38. The molecular weight excluding hydrogens is 296 g/mol. The summed E-state index contributed by atoms with van der Waals surface area (Å²) in [6, 6.07) is 16.7. The van der Waals surface area contributed by atoms with Crippen LogP contribution in [0.5, 0.6) is 0 Å². The average molecular weight is 316 g/mol. The van der Waals surface area contributed by atoms with Crippen molar-refractivity contribution in [2.45, 2.75) is 17.4 Å². The predicted molar refractivity (Wildman–Crippen MR) is 88.5 cm³/mol. The topological polar surface area (TPSA) is 40.6 Å². The van der Waals surface area contributed by atoms with Crippen molar-refractivity contribution in [3.63, 3.8) is 0 Å². The summed E-state index contributed by atoms with van der Waals surface area (Å²) in [5, 5.41) is 0. The first-order valence-corrected chi connectivity index (χ1v) is 8.79. The summed E-state index contributed by atoms with van der Waals surface area (Å²) in [6.45, 7) is 0.497. The van der Waals surface area contributed by atoms with Crippen molar-refractivity contribution in [1.82, 2.24) is 4.90 Å². The van der Waals surface area contributed by atoms with E-state index < -0.39 is 10.0 Å². The maximum atomic E-state index is 12.9. The van der Waals surface area contributed by atoms with Gasteiger partial charge >= 0.3 is 0 Å². The smallest absolute Gasteiger partial charge is 0.264 e. The summed E-state index contributed by atoms with van der Waals surface area (Å²) >= 11 is 0. The van der Waals surface area contributed by atoms with Crippen LogP contribution in [0, 0.1) is 0 Å². The fourth-order valence-electron chi connectivity index (χ4n) is 3.02. The molecule has 0 saturated heterocycles. The first-order valence-electron chi connectivity index (χ1n) is 7.35. The minimum absolute atomic E-state index is 0.249. The summed E-state index contributed by atoms with van der Waals surface area (Å²) in [6.07, 6.45) is 0.788.